The lowest BCUT2D eigenvalue weighted by molar-refractivity contribution is -0.386. The number of nitro benzene ring substituents is 1. The fourth-order valence-corrected chi connectivity index (χ4v) is 1.19. The Morgan fingerprint density at radius 3 is 2.73 bits per heavy atom. The van der Waals surface area contributed by atoms with Crippen LogP contribution in [-0.2, 0) is 0 Å². The number of hydrogen-bond donors (Lipinski definition) is 2. The van der Waals surface area contributed by atoms with Gasteiger partial charge in [0.05, 0.1) is 24.2 Å². The van der Waals surface area contributed by atoms with E-state index in [1.165, 1.54) is 25.3 Å². The van der Waals surface area contributed by atoms with E-state index in [0.717, 1.165) is 0 Å². The third kappa shape index (κ3) is 2.42. The molecule has 0 aromatic heterocycles. The highest BCUT2D eigenvalue weighted by molar-refractivity contribution is 5.46. The monoisotopic (exact) mass is 213 g/mol. The molecule has 2 N–H and O–H groups in total. The molecule has 0 amide bonds. The third-order valence-corrected chi connectivity index (χ3v) is 1.96. The minimum absolute atomic E-state index is 0.0434. The van der Waals surface area contributed by atoms with E-state index in [-0.39, 0.29) is 11.3 Å². The van der Waals surface area contributed by atoms with Crippen LogP contribution >= 0.6 is 0 Å². The summed E-state index contributed by atoms with van der Waals surface area (Å²) in [6.45, 7) is -0.575. The van der Waals surface area contributed by atoms with E-state index in [9.17, 15) is 15.2 Å². The largest absolute Gasteiger partial charge is 0.497 e. The van der Waals surface area contributed by atoms with Crippen molar-refractivity contribution in [2.75, 3.05) is 13.7 Å². The van der Waals surface area contributed by atoms with Crippen molar-refractivity contribution in [2.24, 2.45) is 0 Å². The molecule has 6 nitrogen and oxygen atoms in total. The summed E-state index contributed by atoms with van der Waals surface area (Å²) < 4.78 is 4.87. The number of aliphatic hydroxyl groups is 2. The maximum Gasteiger partial charge on any atom is 0.275 e. The topological polar surface area (TPSA) is 92.8 Å². The quantitative estimate of drug-likeness (QED) is 0.565. The second-order valence-electron chi connectivity index (χ2n) is 2.88. The van der Waals surface area contributed by atoms with Crippen molar-refractivity contribution in [3.63, 3.8) is 0 Å². The van der Waals surface area contributed by atoms with E-state index in [1.54, 1.807) is 0 Å². The van der Waals surface area contributed by atoms with Crippen molar-refractivity contribution in [1.82, 2.24) is 0 Å². The van der Waals surface area contributed by atoms with E-state index >= 15 is 0 Å². The first-order valence-electron chi connectivity index (χ1n) is 4.21. The maximum absolute atomic E-state index is 10.6. The molecule has 82 valence electrons. The first-order chi connectivity index (χ1) is 7.10. The Hall–Kier alpha value is -1.66. The zero-order valence-electron chi connectivity index (χ0n) is 8.08. The van der Waals surface area contributed by atoms with Crippen LogP contribution in [-0.4, -0.2) is 28.9 Å². The van der Waals surface area contributed by atoms with Gasteiger partial charge in [-0.25, -0.2) is 0 Å². The first-order valence-corrected chi connectivity index (χ1v) is 4.21. The van der Waals surface area contributed by atoms with Gasteiger partial charge in [-0.15, -0.1) is 0 Å². The minimum Gasteiger partial charge on any atom is -0.497 e. The Morgan fingerprint density at radius 2 is 2.27 bits per heavy atom. The zero-order valence-corrected chi connectivity index (χ0v) is 8.08. The fourth-order valence-electron chi connectivity index (χ4n) is 1.19. The highest BCUT2D eigenvalue weighted by Gasteiger charge is 2.20. The maximum atomic E-state index is 10.6. The number of ether oxygens (including phenoxy) is 1. The molecular weight excluding hydrogens is 202 g/mol. The lowest BCUT2D eigenvalue weighted by Gasteiger charge is -2.09. The van der Waals surface area contributed by atoms with E-state index in [4.69, 9.17) is 9.84 Å². The molecule has 15 heavy (non-hydrogen) atoms. The SMILES string of the molecule is COc1ccc([N+](=O)[O-])c(C(O)CO)c1. The molecular formula is C9H11NO5. The van der Waals surface area contributed by atoms with Gasteiger partial charge in [0.2, 0.25) is 0 Å². The van der Waals surface area contributed by atoms with Crippen LogP contribution in [0.25, 0.3) is 0 Å². The molecule has 0 bridgehead atoms. The number of nitrogens with zero attached hydrogens (tertiary/aromatic N) is 1. The van der Waals surface area contributed by atoms with Crippen molar-refractivity contribution < 1.29 is 19.9 Å². The second kappa shape index (κ2) is 4.72. The van der Waals surface area contributed by atoms with Gasteiger partial charge < -0.3 is 14.9 Å². The van der Waals surface area contributed by atoms with Gasteiger partial charge in [0.1, 0.15) is 11.9 Å². The van der Waals surface area contributed by atoms with Crippen LogP contribution in [0.5, 0.6) is 5.75 Å². The van der Waals surface area contributed by atoms with Gasteiger partial charge in [-0.1, -0.05) is 0 Å². The van der Waals surface area contributed by atoms with Gasteiger partial charge in [0, 0.05) is 6.07 Å². The van der Waals surface area contributed by atoms with Crippen molar-refractivity contribution in [3.05, 3.63) is 33.9 Å². The van der Waals surface area contributed by atoms with Crippen molar-refractivity contribution in [1.29, 1.82) is 0 Å². The first kappa shape index (κ1) is 11.4. The average molecular weight is 213 g/mol. The second-order valence-corrected chi connectivity index (χ2v) is 2.88. The van der Waals surface area contributed by atoms with E-state index in [2.05, 4.69) is 0 Å². The highest BCUT2D eigenvalue weighted by atomic mass is 16.6. The molecule has 0 aliphatic carbocycles. The summed E-state index contributed by atoms with van der Waals surface area (Å²) in [5.74, 6) is 0.392. The van der Waals surface area contributed by atoms with Gasteiger partial charge in [-0.2, -0.15) is 0 Å². The van der Waals surface area contributed by atoms with Crippen LogP contribution in [0, 0.1) is 10.1 Å². The fraction of sp³-hybridized carbons (Fsp3) is 0.333. The molecule has 0 heterocycles. The van der Waals surface area contributed by atoms with Gasteiger partial charge in [-0.3, -0.25) is 10.1 Å². The number of methoxy groups -OCH3 is 1. The Morgan fingerprint density at radius 1 is 1.60 bits per heavy atom. The van der Waals surface area contributed by atoms with Crippen LogP contribution in [0.15, 0.2) is 18.2 Å². The average Bonchev–Trinajstić information content (AvgIpc) is 2.26. The van der Waals surface area contributed by atoms with Crippen molar-refractivity contribution >= 4 is 5.69 Å². The number of benzene rings is 1. The molecule has 1 atom stereocenters. The number of nitro groups is 1. The summed E-state index contributed by atoms with van der Waals surface area (Å²) in [5, 5.41) is 28.7. The predicted molar refractivity (Wildman–Crippen MR) is 51.7 cm³/mol. The Bertz CT molecular complexity index is 366. The van der Waals surface area contributed by atoms with E-state index in [1.807, 2.05) is 0 Å². The van der Waals surface area contributed by atoms with Crippen LogP contribution in [0.2, 0.25) is 0 Å². The summed E-state index contributed by atoms with van der Waals surface area (Å²) in [6, 6.07) is 3.98. The zero-order chi connectivity index (χ0) is 11.4. The molecule has 1 rings (SSSR count). The summed E-state index contributed by atoms with van der Waals surface area (Å²) in [4.78, 5) is 10.00. The lowest BCUT2D eigenvalue weighted by Crippen LogP contribution is -2.06. The Balaban J connectivity index is 3.22. The summed E-state index contributed by atoms with van der Waals surface area (Å²) in [5.41, 5.74) is -0.195. The predicted octanol–water partition coefficient (Wildman–Crippen LogP) is 0.629. The number of aliphatic hydroxyl groups excluding tert-OH is 2. The molecule has 0 saturated heterocycles. The molecule has 1 aromatic rings. The summed E-state index contributed by atoms with van der Waals surface area (Å²) in [6.07, 6.45) is -1.28. The molecule has 1 aromatic carbocycles. The number of hydrogen-bond acceptors (Lipinski definition) is 5. The lowest BCUT2D eigenvalue weighted by atomic mass is 10.1. The van der Waals surface area contributed by atoms with Gasteiger partial charge in [0.15, 0.2) is 0 Å². The molecule has 0 aliphatic heterocycles. The molecule has 0 radical (unpaired) electrons. The molecule has 0 saturated carbocycles. The van der Waals surface area contributed by atoms with Crippen LogP contribution in [0.1, 0.15) is 11.7 Å². The van der Waals surface area contributed by atoms with Crippen LogP contribution in [0.4, 0.5) is 5.69 Å². The van der Waals surface area contributed by atoms with Crippen LogP contribution in [0.3, 0.4) is 0 Å². The molecule has 6 heteroatoms. The van der Waals surface area contributed by atoms with Crippen molar-refractivity contribution in [2.45, 2.75) is 6.10 Å². The van der Waals surface area contributed by atoms with Crippen molar-refractivity contribution in [3.8, 4) is 5.75 Å². The summed E-state index contributed by atoms with van der Waals surface area (Å²) >= 11 is 0. The van der Waals surface area contributed by atoms with Gasteiger partial charge >= 0.3 is 0 Å². The van der Waals surface area contributed by atoms with E-state index in [0.29, 0.717) is 5.75 Å². The van der Waals surface area contributed by atoms with Crippen LogP contribution < -0.4 is 4.74 Å². The Labute approximate surface area is 85.9 Å². The summed E-state index contributed by atoms with van der Waals surface area (Å²) in [7, 11) is 1.41. The minimum atomic E-state index is -1.28. The highest BCUT2D eigenvalue weighted by Crippen LogP contribution is 2.28. The molecule has 0 aliphatic rings. The van der Waals surface area contributed by atoms with E-state index < -0.39 is 17.6 Å². The number of rotatable bonds is 4. The molecule has 1 unspecified atom stereocenters. The molecule has 0 fully saturated rings. The normalized spacial score (nSPS) is 12.2. The van der Waals surface area contributed by atoms with Gasteiger partial charge in [0.25, 0.3) is 5.69 Å². The standard InChI is InChI=1S/C9H11NO5/c1-15-6-2-3-8(10(13)14)7(4-6)9(12)5-11/h2-4,9,11-12H,5H2,1H3. The van der Waals surface area contributed by atoms with Gasteiger partial charge in [-0.05, 0) is 12.1 Å². The Kier molecular flexibility index (Phi) is 3.59. The smallest absolute Gasteiger partial charge is 0.275 e. The molecule has 0 spiro atoms. The third-order valence-electron chi connectivity index (χ3n) is 1.96.